The standard InChI is InChI=1S/C27H28N2O2S/c30-26(29(23-12-6-2-7-13-23)24-14-8-3-9-15-24)20-32-25-18-16-22(17-19-25)28-27(31)21-10-4-1-5-11-21/h2-3,6-9,12-19,21H,1,4-5,10-11,20H2,(H,28,31). The molecule has 164 valence electrons. The quantitative estimate of drug-likeness (QED) is 0.414. The van der Waals surface area contributed by atoms with E-state index < -0.39 is 0 Å². The van der Waals surface area contributed by atoms with Crippen molar-refractivity contribution in [2.75, 3.05) is 16.0 Å². The third kappa shape index (κ3) is 5.80. The second-order valence-corrected chi connectivity index (χ2v) is 9.09. The van der Waals surface area contributed by atoms with Gasteiger partial charge in [-0.2, -0.15) is 0 Å². The molecule has 4 nitrogen and oxygen atoms in total. The lowest BCUT2D eigenvalue weighted by Crippen LogP contribution is -2.27. The lowest BCUT2D eigenvalue weighted by molar-refractivity contribution is -0.120. The number of nitrogens with zero attached hydrogens (tertiary/aromatic N) is 1. The van der Waals surface area contributed by atoms with Crippen LogP contribution < -0.4 is 10.2 Å². The van der Waals surface area contributed by atoms with Gasteiger partial charge in [-0.05, 0) is 61.4 Å². The largest absolute Gasteiger partial charge is 0.326 e. The maximum Gasteiger partial charge on any atom is 0.241 e. The van der Waals surface area contributed by atoms with Gasteiger partial charge in [0.15, 0.2) is 0 Å². The maximum atomic E-state index is 13.2. The fourth-order valence-electron chi connectivity index (χ4n) is 4.04. The van der Waals surface area contributed by atoms with Crippen molar-refractivity contribution in [3.63, 3.8) is 0 Å². The lowest BCUT2D eigenvalue weighted by Gasteiger charge is -2.23. The predicted molar refractivity (Wildman–Crippen MR) is 132 cm³/mol. The number of rotatable bonds is 7. The summed E-state index contributed by atoms with van der Waals surface area (Å²) >= 11 is 1.50. The van der Waals surface area contributed by atoms with Crippen molar-refractivity contribution in [2.45, 2.75) is 37.0 Å². The van der Waals surface area contributed by atoms with Crippen molar-refractivity contribution >= 4 is 40.6 Å². The van der Waals surface area contributed by atoms with E-state index in [9.17, 15) is 9.59 Å². The number of thioether (sulfide) groups is 1. The van der Waals surface area contributed by atoms with Crippen LogP contribution in [0.1, 0.15) is 32.1 Å². The van der Waals surface area contributed by atoms with E-state index in [4.69, 9.17) is 0 Å². The van der Waals surface area contributed by atoms with Crippen molar-refractivity contribution in [3.8, 4) is 0 Å². The molecule has 0 saturated heterocycles. The van der Waals surface area contributed by atoms with Crippen molar-refractivity contribution < 1.29 is 9.59 Å². The van der Waals surface area contributed by atoms with Gasteiger partial charge in [0.05, 0.1) is 5.75 Å². The highest BCUT2D eigenvalue weighted by molar-refractivity contribution is 8.00. The van der Waals surface area contributed by atoms with Crippen LogP contribution in [0, 0.1) is 5.92 Å². The number of nitrogens with one attached hydrogen (secondary N) is 1. The number of carbonyl (C=O) groups excluding carboxylic acids is 2. The number of anilines is 3. The van der Waals surface area contributed by atoms with Crippen molar-refractivity contribution in [3.05, 3.63) is 84.9 Å². The summed E-state index contributed by atoms with van der Waals surface area (Å²) in [7, 11) is 0. The van der Waals surface area contributed by atoms with E-state index in [-0.39, 0.29) is 17.7 Å². The van der Waals surface area contributed by atoms with E-state index in [0.29, 0.717) is 5.75 Å². The van der Waals surface area contributed by atoms with Crippen LogP contribution in [0.5, 0.6) is 0 Å². The summed E-state index contributed by atoms with van der Waals surface area (Å²) in [6, 6.07) is 27.2. The Kier molecular flexibility index (Phi) is 7.62. The van der Waals surface area contributed by atoms with E-state index in [0.717, 1.165) is 47.6 Å². The summed E-state index contributed by atoms with van der Waals surface area (Å²) in [6.07, 6.45) is 5.50. The zero-order valence-electron chi connectivity index (χ0n) is 18.1. The molecule has 1 fully saturated rings. The van der Waals surface area contributed by atoms with Crippen LogP contribution in [0.3, 0.4) is 0 Å². The molecule has 32 heavy (non-hydrogen) atoms. The Balaban J connectivity index is 1.37. The summed E-state index contributed by atoms with van der Waals surface area (Å²) in [4.78, 5) is 28.3. The van der Waals surface area contributed by atoms with E-state index in [1.165, 1.54) is 18.2 Å². The van der Waals surface area contributed by atoms with E-state index in [1.807, 2.05) is 84.9 Å². The number of para-hydroxylation sites is 2. The molecule has 4 rings (SSSR count). The molecule has 1 saturated carbocycles. The van der Waals surface area contributed by atoms with Crippen molar-refractivity contribution in [1.29, 1.82) is 0 Å². The molecule has 1 aliphatic rings. The first-order valence-electron chi connectivity index (χ1n) is 11.2. The van der Waals surface area contributed by atoms with Gasteiger partial charge in [-0.1, -0.05) is 55.7 Å². The molecule has 0 aromatic heterocycles. The Morgan fingerprint density at radius 2 is 1.34 bits per heavy atom. The van der Waals surface area contributed by atoms with Crippen molar-refractivity contribution in [1.82, 2.24) is 0 Å². The van der Waals surface area contributed by atoms with Gasteiger partial charge in [0, 0.05) is 27.9 Å². The third-order valence-electron chi connectivity index (χ3n) is 5.74. The summed E-state index contributed by atoms with van der Waals surface area (Å²) in [5.74, 6) is 0.596. The predicted octanol–water partition coefficient (Wildman–Crippen LogP) is 6.66. The highest BCUT2D eigenvalue weighted by atomic mass is 32.2. The normalized spacial score (nSPS) is 14.0. The third-order valence-corrected chi connectivity index (χ3v) is 6.74. The van der Waals surface area contributed by atoms with Crippen LogP contribution in [0.25, 0.3) is 0 Å². The molecule has 0 aliphatic heterocycles. The summed E-state index contributed by atoms with van der Waals surface area (Å²) in [5, 5.41) is 3.04. The zero-order chi connectivity index (χ0) is 22.2. The molecule has 0 spiro atoms. The molecule has 3 aromatic carbocycles. The molecule has 0 heterocycles. The summed E-state index contributed by atoms with van der Waals surface area (Å²) < 4.78 is 0. The lowest BCUT2D eigenvalue weighted by atomic mass is 9.88. The van der Waals surface area contributed by atoms with Gasteiger partial charge in [-0.15, -0.1) is 11.8 Å². The molecule has 1 N–H and O–H groups in total. The average Bonchev–Trinajstić information content (AvgIpc) is 2.86. The van der Waals surface area contributed by atoms with E-state index in [1.54, 1.807) is 4.90 Å². The average molecular weight is 445 g/mol. The Labute approximate surface area is 194 Å². The Bertz CT molecular complexity index is 977. The van der Waals surface area contributed by atoms with Crippen LogP contribution in [0.2, 0.25) is 0 Å². The topological polar surface area (TPSA) is 49.4 Å². The Morgan fingerprint density at radius 3 is 1.91 bits per heavy atom. The molecular weight excluding hydrogens is 416 g/mol. The minimum absolute atomic E-state index is 0.0158. The molecule has 0 radical (unpaired) electrons. The Hall–Kier alpha value is -3.05. The summed E-state index contributed by atoms with van der Waals surface area (Å²) in [6.45, 7) is 0. The number of benzene rings is 3. The van der Waals surface area contributed by atoms with Crippen LogP contribution >= 0.6 is 11.8 Å². The summed E-state index contributed by atoms with van der Waals surface area (Å²) in [5.41, 5.74) is 2.52. The molecule has 1 aliphatic carbocycles. The van der Waals surface area contributed by atoms with E-state index >= 15 is 0 Å². The fraction of sp³-hybridized carbons (Fsp3) is 0.259. The number of carbonyl (C=O) groups is 2. The SMILES string of the molecule is O=C(Nc1ccc(SCC(=O)N(c2ccccc2)c2ccccc2)cc1)C1CCCCC1. The monoisotopic (exact) mass is 444 g/mol. The van der Waals surface area contributed by atoms with Gasteiger partial charge in [-0.3, -0.25) is 14.5 Å². The molecular formula is C27H28N2O2S. The van der Waals surface area contributed by atoms with Crippen LogP contribution in [-0.4, -0.2) is 17.6 Å². The maximum absolute atomic E-state index is 13.2. The smallest absolute Gasteiger partial charge is 0.241 e. The molecule has 0 unspecified atom stereocenters. The molecule has 2 amide bonds. The minimum atomic E-state index is 0.0158. The van der Waals surface area contributed by atoms with Gasteiger partial charge < -0.3 is 5.32 Å². The van der Waals surface area contributed by atoms with E-state index in [2.05, 4.69) is 5.32 Å². The second-order valence-electron chi connectivity index (χ2n) is 8.04. The first kappa shape index (κ1) is 22.2. The zero-order valence-corrected chi connectivity index (χ0v) is 18.9. The number of hydrogen-bond acceptors (Lipinski definition) is 3. The van der Waals surface area contributed by atoms with Gasteiger partial charge in [0.1, 0.15) is 0 Å². The molecule has 3 aromatic rings. The first-order chi connectivity index (χ1) is 15.7. The fourth-order valence-corrected chi connectivity index (χ4v) is 4.79. The molecule has 5 heteroatoms. The van der Waals surface area contributed by atoms with Gasteiger partial charge in [-0.25, -0.2) is 0 Å². The molecule has 0 bridgehead atoms. The molecule has 0 atom stereocenters. The minimum Gasteiger partial charge on any atom is -0.326 e. The van der Waals surface area contributed by atoms with Crippen LogP contribution in [-0.2, 0) is 9.59 Å². The van der Waals surface area contributed by atoms with Crippen LogP contribution in [0.4, 0.5) is 17.1 Å². The number of hydrogen-bond donors (Lipinski definition) is 1. The number of amides is 2. The van der Waals surface area contributed by atoms with Crippen LogP contribution in [0.15, 0.2) is 89.8 Å². The Morgan fingerprint density at radius 1 is 0.781 bits per heavy atom. The van der Waals surface area contributed by atoms with Gasteiger partial charge in [0.25, 0.3) is 0 Å². The highest BCUT2D eigenvalue weighted by Gasteiger charge is 2.21. The highest BCUT2D eigenvalue weighted by Crippen LogP contribution is 2.29. The van der Waals surface area contributed by atoms with Crippen molar-refractivity contribution in [2.24, 2.45) is 5.92 Å². The van der Waals surface area contributed by atoms with Gasteiger partial charge in [0.2, 0.25) is 11.8 Å². The van der Waals surface area contributed by atoms with Gasteiger partial charge >= 0.3 is 0 Å². The second kappa shape index (κ2) is 11.0. The first-order valence-corrected chi connectivity index (χ1v) is 12.2.